The molecule has 84 valence electrons. The second-order valence-electron chi connectivity index (χ2n) is 3.48. The average Bonchev–Trinajstić information content (AvgIpc) is 2.16. The Hall–Kier alpha value is -0.610. The SMILES string of the molecule is CCN(CCCOC)CC(C)C(=O)O. The van der Waals surface area contributed by atoms with Gasteiger partial charge in [0, 0.05) is 26.8 Å². The summed E-state index contributed by atoms with van der Waals surface area (Å²) in [6.45, 7) is 6.93. The van der Waals surface area contributed by atoms with E-state index in [9.17, 15) is 4.79 Å². The van der Waals surface area contributed by atoms with Crippen LogP contribution in [0, 0.1) is 5.92 Å². The van der Waals surface area contributed by atoms with Crippen LogP contribution < -0.4 is 0 Å². The summed E-state index contributed by atoms with van der Waals surface area (Å²) in [6.07, 6.45) is 0.955. The Bertz CT molecular complexity index is 161. The second-order valence-corrected chi connectivity index (χ2v) is 3.48. The van der Waals surface area contributed by atoms with Crippen LogP contribution in [0.1, 0.15) is 20.3 Å². The van der Waals surface area contributed by atoms with Crippen molar-refractivity contribution in [1.29, 1.82) is 0 Å². The lowest BCUT2D eigenvalue weighted by molar-refractivity contribution is -0.141. The van der Waals surface area contributed by atoms with Gasteiger partial charge in [0.25, 0.3) is 0 Å². The van der Waals surface area contributed by atoms with Crippen molar-refractivity contribution in [2.24, 2.45) is 5.92 Å². The zero-order valence-corrected chi connectivity index (χ0v) is 9.32. The number of carboxylic acid groups (broad SMARTS) is 1. The molecule has 0 aromatic rings. The van der Waals surface area contributed by atoms with E-state index in [2.05, 4.69) is 4.90 Å². The number of methoxy groups -OCH3 is 1. The second kappa shape index (κ2) is 7.76. The molecule has 4 heteroatoms. The summed E-state index contributed by atoms with van der Waals surface area (Å²) in [5.74, 6) is -1.02. The Balaban J connectivity index is 3.72. The maximum atomic E-state index is 10.6. The van der Waals surface area contributed by atoms with E-state index >= 15 is 0 Å². The molecule has 0 aliphatic rings. The van der Waals surface area contributed by atoms with Gasteiger partial charge in [-0.2, -0.15) is 0 Å². The van der Waals surface area contributed by atoms with Crippen LogP contribution in [0.15, 0.2) is 0 Å². The first-order chi connectivity index (χ1) is 6.61. The first kappa shape index (κ1) is 13.4. The van der Waals surface area contributed by atoms with Crippen LogP contribution in [0.25, 0.3) is 0 Å². The molecule has 0 bridgehead atoms. The lowest BCUT2D eigenvalue weighted by Gasteiger charge is -2.22. The van der Waals surface area contributed by atoms with E-state index in [1.54, 1.807) is 14.0 Å². The van der Waals surface area contributed by atoms with Gasteiger partial charge in [0.05, 0.1) is 5.92 Å². The van der Waals surface area contributed by atoms with Crippen molar-refractivity contribution in [3.63, 3.8) is 0 Å². The number of nitrogens with zero attached hydrogens (tertiary/aromatic N) is 1. The molecule has 0 fully saturated rings. The zero-order chi connectivity index (χ0) is 11.0. The van der Waals surface area contributed by atoms with Gasteiger partial charge in [-0.3, -0.25) is 4.79 Å². The number of ether oxygens (including phenoxy) is 1. The van der Waals surface area contributed by atoms with Crippen molar-refractivity contribution in [1.82, 2.24) is 4.90 Å². The number of carboxylic acids is 1. The van der Waals surface area contributed by atoms with Crippen LogP contribution >= 0.6 is 0 Å². The van der Waals surface area contributed by atoms with Crippen LogP contribution in [-0.4, -0.2) is 49.3 Å². The zero-order valence-electron chi connectivity index (χ0n) is 9.32. The molecule has 14 heavy (non-hydrogen) atoms. The fraction of sp³-hybridized carbons (Fsp3) is 0.900. The fourth-order valence-electron chi connectivity index (χ4n) is 1.28. The van der Waals surface area contributed by atoms with Crippen molar-refractivity contribution in [2.45, 2.75) is 20.3 Å². The minimum absolute atomic E-state index is 0.294. The third-order valence-corrected chi connectivity index (χ3v) is 2.22. The quantitative estimate of drug-likeness (QED) is 0.599. The van der Waals surface area contributed by atoms with Crippen LogP contribution in [0.2, 0.25) is 0 Å². The molecule has 0 saturated carbocycles. The molecule has 0 aromatic carbocycles. The van der Waals surface area contributed by atoms with E-state index in [1.165, 1.54) is 0 Å². The van der Waals surface area contributed by atoms with Crippen LogP contribution in [0.4, 0.5) is 0 Å². The van der Waals surface area contributed by atoms with Gasteiger partial charge >= 0.3 is 5.97 Å². The molecule has 0 aliphatic carbocycles. The minimum atomic E-state index is -0.727. The van der Waals surface area contributed by atoms with Crippen molar-refractivity contribution in [3.05, 3.63) is 0 Å². The summed E-state index contributed by atoms with van der Waals surface area (Å²) in [4.78, 5) is 12.8. The van der Waals surface area contributed by atoms with E-state index in [1.807, 2.05) is 6.92 Å². The lowest BCUT2D eigenvalue weighted by Crippen LogP contribution is -2.32. The molecule has 1 unspecified atom stereocenters. The predicted octanol–water partition coefficient (Wildman–Crippen LogP) is 1.07. The maximum absolute atomic E-state index is 10.6. The van der Waals surface area contributed by atoms with E-state index in [4.69, 9.17) is 9.84 Å². The largest absolute Gasteiger partial charge is 0.481 e. The molecule has 0 spiro atoms. The summed E-state index contributed by atoms with van der Waals surface area (Å²) in [5, 5.41) is 8.75. The van der Waals surface area contributed by atoms with Gasteiger partial charge in [0.1, 0.15) is 0 Å². The molecule has 0 heterocycles. The summed E-state index contributed by atoms with van der Waals surface area (Å²) in [6, 6.07) is 0. The summed E-state index contributed by atoms with van der Waals surface area (Å²) in [7, 11) is 1.68. The number of hydrogen-bond donors (Lipinski definition) is 1. The Labute approximate surface area is 85.9 Å². The molecule has 0 rings (SSSR count). The Kier molecular flexibility index (Phi) is 7.42. The smallest absolute Gasteiger partial charge is 0.307 e. The standard InChI is InChI=1S/C10H21NO3/c1-4-11(6-5-7-14-3)8-9(2)10(12)13/h9H,4-8H2,1-3H3,(H,12,13). The average molecular weight is 203 g/mol. The van der Waals surface area contributed by atoms with Crippen molar-refractivity contribution < 1.29 is 14.6 Å². The first-order valence-electron chi connectivity index (χ1n) is 5.05. The van der Waals surface area contributed by atoms with Gasteiger partial charge in [0.15, 0.2) is 0 Å². The van der Waals surface area contributed by atoms with E-state index < -0.39 is 5.97 Å². The normalized spacial score (nSPS) is 13.1. The highest BCUT2D eigenvalue weighted by Gasteiger charge is 2.14. The highest BCUT2D eigenvalue weighted by molar-refractivity contribution is 5.69. The van der Waals surface area contributed by atoms with Crippen LogP contribution in [0.3, 0.4) is 0 Å². The van der Waals surface area contributed by atoms with Gasteiger partial charge in [-0.05, 0) is 13.0 Å². The van der Waals surface area contributed by atoms with E-state index in [0.717, 1.165) is 26.1 Å². The van der Waals surface area contributed by atoms with Gasteiger partial charge < -0.3 is 14.7 Å². The van der Waals surface area contributed by atoms with E-state index in [0.29, 0.717) is 6.54 Å². The van der Waals surface area contributed by atoms with Gasteiger partial charge in [-0.25, -0.2) is 0 Å². The summed E-state index contributed by atoms with van der Waals surface area (Å²) in [5.41, 5.74) is 0. The molecule has 0 saturated heterocycles. The molecular formula is C10H21NO3. The number of aliphatic carboxylic acids is 1. The lowest BCUT2D eigenvalue weighted by atomic mass is 10.1. The third-order valence-electron chi connectivity index (χ3n) is 2.22. The van der Waals surface area contributed by atoms with Crippen molar-refractivity contribution in [2.75, 3.05) is 33.4 Å². The molecule has 0 aliphatic heterocycles. The fourth-order valence-corrected chi connectivity index (χ4v) is 1.28. The third kappa shape index (κ3) is 5.94. The van der Waals surface area contributed by atoms with Crippen LogP contribution in [0.5, 0.6) is 0 Å². The molecule has 0 radical (unpaired) electrons. The van der Waals surface area contributed by atoms with Crippen molar-refractivity contribution in [3.8, 4) is 0 Å². The summed E-state index contributed by atoms with van der Waals surface area (Å²) >= 11 is 0. The molecule has 1 atom stereocenters. The molecule has 0 amide bonds. The summed E-state index contributed by atoms with van der Waals surface area (Å²) < 4.78 is 4.95. The van der Waals surface area contributed by atoms with Gasteiger partial charge in [-0.1, -0.05) is 13.8 Å². The van der Waals surface area contributed by atoms with Gasteiger partial charge in [-0.15, -0.1) is 0 Å². The number of carbonyl (C=O) groups is 1. The Morgan fingerprint density at radius 2 is 2.21 bits per heavy atom. The minimum Gasteiger partial charge on any atom is -0.481 e. The first-order valence-corrected chi connectivity index (χ1v) is 5.05. The molecule has 1 N–H and O–H groups in total. The monoisotopic (exact) mass is 203 g/mol. The molecule has 0 aromatic heterocycles. The highest BCUT2D eigenvalue weighted by atomic mass is 16.5. The molecular weight excluding hydrogens is 182 g/mol. The van der Waals surface area contributed by atoms with Crippen LogP contribution in [-0.2, 0) is 9.53 Å². The van der Waals surface area contributed by atoms with Crippen molar-refractivity contribution >= 4 is 5.97 Å². The Morgan fingerprint density at radius 1 is 1.57 bits per heavy atom. The maximum Gasteiger partial charge on any atom is 0.307 e. The predicted molar refractivity (Wildman–Crippen MR) is 55.4 cm³/mol. The highest BCUT2D eigenvalue weighted by Crippen LogP contribution is 2.01. The Morgan fingerprint density at radius 3 is 2.64 bits per heavy atom. The topological polar surface area (TPSA) is 49.8 Å². The van der Waals surface area contributed by atoms with E-state index in [-0.39, 0.29) is 5.92 Å². The number of hydrogen-bond acceptors (Lipinski definition) is 3. The molecule has 4 nitrogen and oxygen atoms in total. The number of rotatable bonds is 8. The van der Waals surface area contributed by atoms with Gasteiger partial charge in [0.2, 0.25) is 0 Å².